The van der Waals surface area contributed by atoms with Gasteiger partial charge in [0.1, 0.15) is 0 Å². The van der Waals surface area contributed by atoms with Gasteiger partial charge in [-0.15, -0.1) is 10.2 Å². The molecule has 0 radical (unpaired) electrons. The molecule has 2 N–H and O–H groups in total. The van der Waals surface area contributed by atoms with Crippen molar-refractivity contribution < 1.29 is 14.3 Å². The normalized spacial score (nSPS) is 12.0. The number of carbonyl (C=O) groups excluding carboxylic acids is 1. The second kappa shape index (κ2) is 7.27. The maximum Gasteiger partial charge on any atom is 0.251 e. The zero-order valence-corrected chi connectivity index (χ0v) is 14.1. The molecule has 1 heterocycles. The SMILES string of the molecule is Cc1cccc(-c2nnc(-c3ccc(C(=O)NC(C)CO)cc3)o2)c1. The molecule has 0 fully saturated rings. The molecule has 0 bridgehead atoms. The number of nitrogens with zero attached hydrogens (tertiary/aromatic N) is 2. The number of carbonyl (C=O) groups is 1. The second-order valence-electron chi connectivity index (χ2n) is 5.92. The largest absolute Gasteiger partial charge is 0.416 e. The van der Waals surface area contributed by atoms with Crippen molar-refractivity contribution in [3.8, 4) is 22.9 Å². The standard InChI is InChI=1S/C19H19N3O3/c1-12-4-3-5-16(10-12)19-22-21-18(25-19)15-8-6-14(7-9-15)17(24)20-13(2)11-23/h3-10,13,23H,11H2,1-2H3,(H,20,24). The van der Waals surface area contributed by atoms with Crippen LogP contribution in [0.15, 0.2) is 52.9 Å². The molecular weight excluding hydrogens is 318 g/mol. The summed E-state index contributed by atoms with van der Waals surface area (Å²) in [5, 5.41) is 19.9. The van der Waals surface area contributed by atoms with E-state index >= 15 is 0 Å². The Kier molecular flexibility index (Phi) is 4.90. The van der Waals surface area contributed by atoms with E-state index in [1.165, 1.54) is 0 Å². The molecule has 3 aromatic rings. The van der Waals surface area contributed by atoms with Crippen LogP contribution in [0.1, 0.15) is 22.8 Å². The highest BCUT2D eigenvalue weighted by atomic mass is 16.4. The van der Waals surface area contributed by atoms with Crippen LogP contribution < -0.4 is 5.32 Å². The van der Waals surface area contributed by atoms with Crippen molar-refractivity contribution in [2.45, 2.75) is 19.9 Å². The van der Waals surface area contributed by atoms with Crippen molar-refractivity contribution in [3.05, 3.63) is 59.7 Å². The van der Waals surface area contributed by atoms with Crippen LogP contribution in [0.5, 0.6) is 0 Å². The van der Waals surface area contributed by atoms with E-state index in [2.05, 4.69) is 15.5 Å². The molecule has 25 heavy (non-hydrogen) atoms. The Labute approximate surface area is 145 Å². The predicted octanol–water partition coefficient (Wildman–Crippen LogP) is 2.82. The zero-order chi connectivity index (χ0) is 17.8. The van der Waals surface area contributed by atoms with Gasteiger partial charge in [0, 0.05) is 22.7 Å². The number of rotatable bonds is 5. The highest BCUT2D eigenvalue weighted by Crippen LogP contribution is 2.24. The van der Waals surface area contributed by atoms with E-state index in [1.54, 1.807) is 31.2 Å². The molecule has 1 amide bonds. The van der Waals surface area contributed by atoms with E-state index in [9.17, 15) is 4.79 Å². The third-order valence-electron chi connectivity index (χ3n) is 3.74. The summed E-state index contributed by atoms with van der Waals surface area (Å²) in [5.74, 6) is 0.614. The first-order chi connectivity index (χ1) is 12.1. The van der Waals surface area contributed by atoms with Gasteiger partial charge in [-0.1, -0.05) is 17.7 Å². The summed E-state index contributed by atoms with van der Waals surface area (Å²) in [6, 6.07) is 14.4. The van der Waals surface area contributed by atoms with Gasteiger partial charge in [0.25, 0.3) is 5.91 Å². The number of hydrogen-bond donors (Lipinski definition) is 2. The lowest BCUT2D eigenvalue weighted by molar-refractivity contribution is 0.0922. The van der Waals surface area contributed by atoms with Crippen LogP contribution in [0.4, 0.5) is 0 Å². The summed E-state index contributed by atoms with van der Waals surface area (Å²) >= 11 is 0. The quantitative estimate of drug-likeness (QED) is 0.747. The van der Waals surface area contributed by atoms with Gasteiger partial charge < -0.3 is 14.8 Å². The van der Waals surface area contributed by atoms with Crippen LogP contribution in [0.3, 0.4) is 0 Å². The van der Waals surface area contributed by atoms with Gasteiger partial charge in [-0.25, -0.2) is 0 Å². The molecule has 1 aromatic heterocycles. The van der Waals surface area contributed by atoms with Crippen LogP contribution in [-0.4, -0.2) is 33.9 Å². The predicted molar refractivity (Wildman–Crippen MR) is 93.9 cm³/mol. The summed E-state index contributed by atoms with van der Waals surface area (Å²) in [7, 11) is 0. The van der Waals surface area contributed by atoms with Gasteiger partial charge in [-0.2, -0.15) is 0 Å². The van der Waals surface area contributed by atoms with Gasteiger partial charge in [0.2, 0.25) is 11.8 Å². The third kappa shape index (κ3) is 3.92. The van der Waals surface area contributed by atoms with Gasteiger partial charge in [0.15, 0.2) is 0 Å². The third-order valence-corrected chi connectivity index (χ3v) is 3.74. The lowest BCUT2D eigenvalue weighted by Gasteiger charge is -2.10. The summed E-state index contributed by atoms with van der Waals surface area (Å²) in [6.45, 7) is 3.63. The van der Waals surface area contributed by atoms with Gasteiger partial charge in [-0.3, -0.25) is 4.79 Å². The molecule has 0 saturated heterocycles. The maximum absolute atomic E-state index is 12.0. The second-order valence-corrected chi connectivity index (χ2v) is 5.92. The molecule has 0 aliphatic rings. The number of hydrogen-bond acceptors (Lipinski definition) is 5. The Hall–Kier alpha value is -2.99. The van der Waals surface area contributed by atoms with Crippen LogP contribution >= 0.6 is 0 Å². The summed E-state index contributed by atoms with van der Waals surface area (Å²) in [6.07, 6.45) is 0. The molecule has 0 aliphatic carbocycles. The molecule has 0 saturated carbocycles. The molecule has 0 aliphatic heterocycles. The van der Waals surface area contributed by atoms with Crippen molar-refractivity contribution >= 4 is 5.91 Å². The van der Waals surface area contributed by atoms with Crippen LogP contribution in [0.2, 0.25) is 0 Å². The number of benzene rings is 2. The maximum atomic E-state index is 12.0. The highest BCUT2D eigenvalue weighted by Gasteiger charge is 2.13. The molecule has 2 aromatic carbocycles. The lowest BCUT2D eigenvalue weighted by Crippen LogP contribution is -2.34. The van der Waals surface area contributed by atoms with Crippen LogP contribution in [0.25, 0.3) is 22.9 Å². The Morgan fingerprint density at radius 1 is 1.12 bits per heavy atom. The minimum absolute atomic E-state index is 0.104. The van der Waals surface area contributed by atoms with E-state index < -0.39 is 0 Å². The Morgan fingerprint density at radius 2 is 1.80 bits per heavy atom. The van der Waals surface area contributed by atoms with E-state index in [0.29, 0.717) is 17.3 Å². The number of nitrogens with one attached hydrogen (secondary N) is 1. The summed E-state index contributed by atoms with van der Waals surface area (Å²) in [4.78, 5) is 12.0. The fourth-order valence-corrected chi connectivity index (χ4v) is 2.35. The number of aromatic nitrogens is 2. The molecule has 3 rings (SSSR count). The minimum Gasteiger partial charge on any atom is -0.416 e. The topological polar surface area (TPSA) is 88.2 Å². The molecule has 0 spiro atoms. The first kappa shape index (κ1) is 16.9. The number of aryl methyl sites for hydroxylation is 1. The highest BCUT2D eigenvalue weighted by molar-refractivity contribution is 5.94. The zero-order valence-electron chi connectivity index (χ0n) is 14.1. The number of amides is 1. The average Bonchev–Trinajstić information content (AvgIpc) is 3.12. The molecule has 1 unspecified atom stereocenters. The van der Waals surface area contributed by atoms with Crippen LogP contribution in [-0.2, 0) is 0 Å². The van der Waals surface area contributed by atoms with Crippen molar-refractivity contribution in [2.24, 2.45) is 0 Å². The van der Waals surface area contributed by atoms with E-state index in [4.69, 9.17) is 9.52 Å². The average molecular weight is 337 g/mol. The van der Waals surface area contributed by atoms with Gasteiger partial charge in [0.05, 0.1) is 6.61 Å². The van der Waals surface area contributed by atoms with Crippen molar-refractivity contribution in [2.75, 3.05) is 6.61 Å². The minimum atomic E-state index is -0.292. The molecule has 128 valence electrons. The molecule has 6 heteroatoms. The van der Waals surface area contributed by atoms with E-state index in [1.807, 2.05) is 31.2 Å². The molecule has 1 atom stereocenters. The van der Waals surface area contributed by atoms with Crippen molar-refractivity contribution in [1.29, 1.82) is 0 Å². The smallest absolute Gasteiger partial charge is 0.251 e. The van der Waals surface area contributed by atoms with E-state index in [0.717, 1.165) is 16.7 Å². The lowest BCUT2D eigenvalue weighted by atomic mass is 10.1. The number of aliphatic hydroxyl groups excluding tert-OH is 1. The number of aliphatic hydroxyl groups is 1. The molecule has 6 nitrogen and oxygen atoms in total. The van der Waals surface area contributed by atoms with Crippen LogP contribution in [0, 0.1) is 6.92 Å². The van der Waals surface area contributed by atoms with E-state index in [-0.39, 0.29) is 18.6 Å². The Morgan fingerprint density at radius 3 is 2.44 bits per heavy atom. The Bertz CT molecular complexity index is 872. The monoisotopic (exact) mass is 337 g/mol. The summed E-state index contributed by atoms with van der Waals surface area (Å²) in [5.41, 5.74) is 3.22. The fourth-order valence-electron chi connectivity index (χ4n) is 2.35. The first-order valence-electron chi connectivity index (χ1n) is 7.99. The van der Waals surface area contributed by atoms with Crippen molar-refractivity contribution in [3.63, 3.8) is 0 Å². The summed E-state index contributed by atoms with van der Waals surface area (Å²) < 4.78 is 5.74. The van der Waals surface area contributed by atoms with Gasteiger partial charge in [-0.05, 0) is 50.2 Å². The van der Waals surface area contributed by atoms with Crippen molar-refractivity contribution in [1.82, 2.24) is 15.5 Å². The Balaban J connectivity index is 1.78. The molecular formula is C19H19N3O3. The fraction of sp³-hybridized carbons (Fsp3) is 0.211. The van der Waals surface area contributed by atoms with Gasteiger partial charge >= 0.3 is 0 Å². The first-order valence-corrected chi connectivity index (χ1v) is 7.99.